The van der Waals surface area contributed by atoms with E-state index < -0.39 is 5.91 Å². The Hall–Kier alpha value is -3.23. The molecular formula is C22H26N4O4. The number of carbonyl (C=O) groups is 2. The lowest BCUT2D eigenvalue weighted by atomic mass is 10.1. The van der Waals surface area contributed by atoms with Crippen LogP contribution in [0, 0.1) is 0 Å². The van der Waals surface area contributed by atoms with Gasteiger partial charge in [0.25, 0.3) is 11.8 Å². The lowest BCUT2D eigenvalue weighted by Gasteiger charge is -2.27. The number of morpholine rings is 1. The quantitative estimate of drug-likeness (QED) is 0.507. The first-order valence-corrected chi connectivity index (χ1v) is 9.78. The first-order chi connectivity index (χ1) is 14.7. The van der Waals surface area contributed by atoms with Gasteiger partial charge >= 0.3 is 0 Å². The number of hydrazone groups is 1. The Morgan fingerprint density at radius 1 is 1.17 bits per heavy atom. The maximum Gasteiger partial charge on any atom is 0.259 e. The van der Waals surface area contributed by atoms with Crippen molar-refractivity contribution in [1.82, 2.24) is 15.6 Å². The van der Waals surface area contributed by atoms with Crippen molar-refractivity contribution in [2.45, 2.75) is 6.54 Å². The van der Waals surface area contributed by atoms with Gasteiger partial charge in [-0.2, -0.15) is 5.10 Å². The number of rotatable bonds is 8. The van der Waals surface area contributed by atoms with Gasteiger partial charge in [0.1, 0.15) is 5.75 Å². The maximum atomic E-state index is 12.0. The molecule has 30 heavy (non-hydrogen) atoms. The molecule has 0 radical (unpaired) electrons. The van der Waals surface area contributed by atoms with Gasteiger partial charge in [-0.05, 0) is 35.9 Å². The molecule has 2 aromatic rings. The van der Waals surface area contributed by atoms with Crippen LogP contribution >= 0.6 is 0 Å². The average Bonchev–Trinajstić information content (AvgIpc) is 2.79. The highest BCUT2D eigenvalue weighted by atomic mass is 16.5. The van der Waals surface area contributed by atoms with Gasteiger partial charge in [-0.25, -0.2) is 5.43 Å². The van der Waals surface area contributed by atoms with E-state index in [0.717, 1.165) is 49.7 Å². The number of nitrogens with zero attached hydrogens (tertiary/aromatic N) is 2. The number of hydrogen-bond donors (Lipinski definition) is 2. The fourth-order valence-electron chi connectivity index (χ4n) is 3.07. The van der Waals surface area contributed by atoms with Crippen molar-refractivity contribution < 1.29 is 19.1 Å². The van der Waals surface area contributed by atoms with E-state index in [0.29, 0.717) is 5.56 Å². The molecule has 1 aliphatic heterocycles. The molecule has 1 aliphatic rings. The summed E-state index contributed by atoms with van der Waals surface area (Å²) in [5.41, 5.74) is 4.81. The third kappa shape index (κ3) is 6.40. The number of methoxy groups -OCH3 is 1. The fraction of sp³-hybridized carbons (Fsp3) is 0.318. The number of benzene rings is 2. The zero-order valence-electron chi connectivity index (χ0n) is 17.0. The molecule has 1 saturated heterocycles. The largest absolute Gasteiger partial charge is 0.496 e. The topological polar surface area (TPSA) is 92.3 Å². The molecule has 0 atom stereocenters. The van der Waals surface area contributed by atoms with E-state index in [4.69, 9.17) is 9.47 Å². The molecule has 2 aromatic carbocycles. The van der Waals surface area contributed by atoms with Crippen LogP contribution in [0.5, 0.6) is 5.75 Å². The Morgan fingerprint density at radius 2 is 1.93 bits per heavy atom. The van der Waals surface area contributed by atoms with E-state index >= 15 is 0 Å². The number of ether oxygens (including phenoxy) is 2. The predicted molar refractivity (Wildman–Crippen MR) is 114 cm³/mol. The Bertz CT molecular complexity index is 880. The highest BCUT2D eigenvalue weighted by Gasteiger charge is 2.13. The van der Waals surface area contributed by atoms with E-state index in [1.165, 1.54) is 0 Å². The van der Waals surface area contributed by atoms with Crippen LogP contribution in [0.4, 0.5) is 0 Å². The van der Waals surface area contributed by atoms with Gasteiger partial charge in [0.2, 0.25) is 0 Å². The van der Waals surface area contributed by atoms with Gasteiger partial charge in [0.15, 0.2) is 0 Å². The van der Waals surface area contributed by atoms with Gasteiger partial charge in [0.05, 0.1) is 33.1 Å². The van der Waals surface area contributed by atoms with Crippen LogP contribution in [0.15, 0.2) is 53.6 Å². The number of nitrogens with one attached hydrogen (secondary N) is 2. The first kappa shape index (κ1) is 21.5. The molecule has 0 aliphatic carbocycles. The first-order valence-electron chi connectivity index (χ1n) is 9.78. The van der Waals surface area contributed by atoms with Crippen LogP contribution in [0.1, 0.15) is 21.5 Å². The van der Waals surface area contributed by atoms with Gasteiger partial charge in [-0.15, -0.1) is 0 Å². The van der Waals surface area contributed by atoms with Crippen LogP contribution in [-0.4, -0.2) is 62.9 Å². The summed E-state index contributed by atoms with van der Waals surface area (Å²) in [7, 11) is 1.65. The fourth-order valence-corrected chi connectivity index (χ4v) is 3.07. The van der Waals surface area contributed by atoms with Gasteiger partial charge in [-0.1, -0.05) is 18.2 Å². The third-order valence-corrected chi connectivity index (χ3v) is 4.65. The second-order valence-corrected chi connectivity index (χ2v) is 6.80. The lowest BCUT2D eigenvalue weighted by molar-refractivity contribution is -0.120. The highest BCUT2D eigenvalue weighted by molar-refractivity contribution is 5.96. The normalized spacial score (nSPS) is 14.4. The Kier molecular flexibility index (Phi) is 7.94. The Labute approximate surface area is 175 Å². The third-order valence-electron chi connectivity index (χ3n) is 4.65. The van der Waals surface area contributed by atoms with Gasteiger partial charge in [0, 0.05) is 30.8 Å². The van der Waals surface area contributed by atoms with Crippen LogP contribution in [-0.2, 0) is 16.1 Å². The van der Waals surface area contributed by atoms with Crippen LogP contribution in [0.25, 0.3) is 0 Å². The zero-order valence-corrected chi connectivity index (χ0v) is 17.0. The smallest absolute Gasteiger partial charge is 0.259 e. The summed E-state index contributed by atoms with van der Waals surface area (Å²) in [6.07, 6.45) is 1.57. The van der Waals surface area contributed by atoms with Crippen LogP contribution in [0.2, 0.25) is 0 Å². The number of hydrogen-bond acceptors (Lipinski definition) is 6. The van der Waals surface area contributed by atoms with Crippen molar-refractivity contribution >= 4 is 18.0 Å². The maximum absolute atomic E-state index is 12.0. The van der Waals surface area contributed by atoms with E-state index in [1.54, 1.807) is 37.6 Å². The summed E-state index contributed by atoms with van der Waals surface area (Å²) < 4.78 is 10.9. The molecule has 8 nitrogen and oxygen atoms in total. The second-order valence-electron chi connectivity index (χ2n) is 6.80. The Balaban J connectivity index is 1.51. The van der Waals surface area contributed by atoms with E-state index in [-0.39, 0.29) is 12.5 Å². The molecule has 2 amide bonds. The van der Waals surface area contributed by atoms with Crippen LogP contribution in [0.3, 0.4) is 0 Å². The monoisotopic (exact) mass is 410 g/mol. The van der Waals surface area contributed by atoms with Crippen molar-refractivity contribution in [3.8, 4) is 5.75 Å². The molecule has 0 aromatic heterocycles. The summed E-state index contributed by atoms with van der Waals surface area (Å²) in [5, 5.41) is 6.55. The van der Waals surface area contributed by atoms with E-state index in [9.17, 15) is 9.59 Å². The Morgan fingerprint density at radius 3 is 2.67 bits per heavy atom. The molecule has 1 heterocycles. The molecule has 3 rings (SSSR count). The van der Waals surface area contributed by atoms with Crippen molar-refractivity contribution in [1.29, 1.82) is 0 Å². The number of carbonyl (C=O) groups excluding carboxylic acids is 2. The van der Waals surface area contributed by atoms with Crippen molar-refractivity contribution in [2.75, 3.05) is 40.0 Å². The molecule has 1 fully saturated rings. The van der Waals surface area contributed by atoms with Gasteiger partial charge in [-0.3, -0.25) is 14.5 Å². The summed E-state index contributed by atoms with van der Waals surface area (Å²) in [6, 6.07) is 14.5. The van der Waals surface area contributed by atoms with E-state index in [1.807, 2.05) is 24.3 Å². The summed E-state index contributed by atoms with van der Waals surface area (Å²) >= 11 is 0. The SMILES string of the molecule is COc1ccc(C=NNC(=O)CNC(=O)c2ccccc2)cc1CN1CCOCC1. The minimum atomic E-state index is -0.405. The van der Waals surface area contributed by atoms with Crippen molar-refractivity contribution in [3.63, 3.8) is 0 Å². The van der Waals surface area contributed by atoms with Crippen LogP contribution < -0.4 is 15.5 Å². The molecular weight excluding hydrogens is 384 g/mol. The predicted octanol–water partition coefficient (Wildman–Crippen LogP) is 1.41. The molecule has 0 spiro atoms. The molecule has 158 valence electrons. The highest BCUT2D eigenvalue weighted by Crippen LogP contribution is 2.21. The molecule has 2 N–H and O–H groups in total. The average molecular weight is 410 g/mol. The molecule has 8 heteroatoms. The molecule has 0 saturated carbocycles. The standard InChI is InChI=1S/C22H26N4O4/c1-29-20-8-7-17(13-19(20)16-26-9-11-30-12-10-26)14-24-25-21(27)15-23-22(28)18-5-3-2-4-6-18/h2-8,13-14H,9-12,15-16H2,1H3,(H,23,28)(H,25,27). The molecule has 0 bridgehead atoms. The summed E-state index contributed by atoms with van der Waals surface area (Å²) in [4.78, 5) is 26.2. The van der Waals surface area contributed by atoms with Crippen molar-refractivity contribution in [2.24, 2.45) is 5.10 Å². The zero-order chi connectivity index (χ0) is 21.2. The minimum absolute atomic E-state index is 0.157. The van der Waals surface area contributed by atoms with Gasteiger partial charge < -0.3 is 14.8 Å². The summed E-state index contributed by atoms with van der Waals surface area (Å²) in [5.74, 6) is 0.0986. The lowest BCUT2D eigenvalue weighted by Crippen LogP contribution is -2.35. The number of amides is 2. The minimum Gasteiger partial charge on any atom is -0.496 e. The van der Waals surface area contributed by atoms with E-state index in [2.05, 4.69) is 20.7 Å². The van der Waals surface area contributed by atoms with Crippen molar-refractivity contribution in [3.05, 3.63) is 65.2 Å². The molecule has 0 unspecified atom stereocenters. The second kappa shape index (κ2) is 11.1. The summed E-state index contributed by atoms with van der Waals surface area (Å²) in [6.45, 7) is 3.83.